The first-order valence-corrected chi connectivity index (χ1v) is 7.93. The van der Waals surface area contributed by atoms with E-state index in [0.29, 0.717) is 11.8 Å². The summed E-state index contributed by atoms with van der Waals surface area (Å²) in [4.78, 5) is 19.1. The highest BCUT2D eigenvalue weighted by molar-refractivity contribution is 5.83. The van der Waals surface area contributed by atoms with Crippen LogP contribution >= 0.6 is 0 Å². The van der Waals surface area contributed by atoms with Crippen LogP contribution in [0, 0.1) is 5.92 Å². The van der Waals surface area contributed by atoms with Crippen molar-refractivity contribution in [1.29, 1.82) is 0 Å². The molecule has 0 unspecified atom stereocenters. The number of hydrogen-bond donors (Lipinski definition) is 0. The molecule has 2 fully saturated rings. The van der Waals surface area contributed by atoms with Crippen LogP contribution in [0.1, 0.15) is 42.3 Å². The van der Waals surface area contributed by atoms with Crippen molar-refractivity contribution in [3.8, 4) is 0 Å². The largest absolute Gasteiger partial charge is 0.335 e. The third-order valence-electron chi connectivity index (χ3n) is 4.87. The van der Waals surface area contributed by atoms with Crippen LogP contribution in [-0.4, -0.2) is 32.1 Å². The SMILES string of the molecule is Cn1cc([C@@H]2CCCN2C(=O)[C@H]2C[C@H]2c2cccnc2)cn1. The molecule has 0 N–H and O–H groups in total. The number of hydrogen-bond acceptors (Lipinski definition) is 3. The lowest BCUT2D eigenvalue weighted by molar-refractivity contribution is -0.133. The summed E-state index contributed by atoms with van der Waals surface area (Å²) in [6.45, 7) is 0.870. The van der Waals surface area contributed by atoms with Gasteiger partial charge in [0.15, 0.2) is 0 Å². The molecule has 1 saturated carbocycles. The van der Waals surface area contributed by atoms with E-state index in [4.69, 9.17) is 0 Å². The van der Waals surface area contributed by atoms with Crippen molar-refractivity contribution in [3.05, 3.63) is 48.0 Å². The number of aromatic nitrogens is 3. The Morgan fingerprint density at radius 3 is 2.95 bits per heavy atom. The molecule has 22 heavy (non-hydrogen) atoms. The number of amides is 1. The molecule has 1 aliphatic heterocycles. The van der Waals surface area contributed by atoms with Gasteiger partial charge in [-0.15, -0.1) is 0 Å². The number of rotatable bonds is 3. The van der Waals surface area contributed by atoms with Gasteiger partial charge in [-0.3, -0.25) is 14.5 Å². The average Bonchev–Trinajstić information content (AvgIpc) is 2.98. The van der Waals surface area contributed by atoms with Gasteiger partial charge in [0.25, 0.3) is 0 Å². The summed E-state index contributed by atoms with van der Waals surface area (Å²) in [5, 5.41) is 4.25. The lowest BCUT2D eigenvalue weighted by Crippen LogP contribution is -2.32. The molecule has 0 spiro atoms. The fourth-order valence-electron chi connectivity index (χ4n) is 3.63. The molecule has 3 heterocycles. The van der Waals surface area contributed by atoms with E-state index in [1.54, 1.807) is 6.20 Å². The summed E-state index contributed by atoms with van der Waals surface area (Å²) in [6.07, 6.45) is 10.7. The number of carbonyl (C=O) groups is 1. The molecule has 1 aliphatic carbocycles. The maximum Gasteiger partial charge on any atom is 0.226 e. The fraction of sp³-hybridized carbons (Fsp3) is 0.471. The molecule has 1 saturated heterocycles. The zero-order chi connectivity index (χ0) is 15.1. The predicted octanol–water partition coefficient (Wildman–Crippen LogP) is 2.28. The summed E-state index contributed by atoms with van der Waals surface area (Å²) < 4.78 is 1.81. The van der Waals surface area contributed by atoms with Crippen LogP contribution in [0.2, 0.25) is 0 Å². The molecule has 2 aromatic rings. The zero-order valence-electron chi connectivity index (χ0n) is 12.7. The van der Waals surface area contributed by atoms with Crippen LogP contribution in [0.25, 0.3) is 0 Å². The van der Waals surface area contributed by atoms with Crippen LogP contribution in [0.4, 0.5) is 0 Å². The first-order chi connectivity index (χ1) is 10.7. The Labute approximate surface area is 130 Å². The Hall–Kier alpha value is -2.17. The Kier molecular flexibility index (Phi) is 3.21. The highest BCUT2D eigenvalue weighted by atomic mass is 16.2. The van der Waals surface area contributed by atoms with Crippen molar-refractivity contribution in [2.75, 3.05) is 6.54 Å². The third-order valence-corrected chi connectivity index (χ3v) is 4.87. The smallest absolute Gasteiger partial charge is 0.226 e. The van der Waals surface area contributed by atoms with Crippen LogP contribution in [0.5, 0.6) is 0 Å². The second-order valence-electron chi connectivity index (χ2n) is 6.37. The second-order valence-corrected chi connectivity index (χ2v) is 6.37. The number of aryl methyl sites for hydroxylation is 1. The Morgan fingerprint density at radius 2 is 2.23 bits per heavy atom. The molecule has 5 heteroatoms. The van der Waals surface area contributed by atoms with Gasteiger partial charge in [0.2, 0.25) is 5.91 Å². The van der Waals surface area contributed by atoms with Crippen molar-refractivity contribution in [2.45, 2.75) is 31.2 Å². The van der Waals surface area contributed by atoms with Gasteiger partial charge >= 0.3 is 0 Å². The zero-order valence-corrected chi connectivity index (χ0v) is 12.7. The lowest BCUT2D eigenvalue weighted by Gasteiger charge is -2.24. The van der Waals surface area contributed by atoms with Crippen molar-refractivity contribution < 1.29 is 4.79 Å². The van der Waals surface area contributed by atoms with Gasteiger partial charge in [0, 0.05) is 43.7 Å². The third kappa shape index (κ3) is 2.30. The van der Waals surface area contributed by atoms with E-state index in [2.05, 4.69) is 21.0 Å². The average molecular weight is 296 g/mol. The van der Waals surface area contributed by atoms with E-state index in [1.807, 2.05) is 36.4 Å². The van der Waals surface area contributed by atoms with Crippen LogP contribution in [0.15, 0.2) is 36.9 Å². The van der Waals surface area contributed by atoms with E-state index in [0.717, 1.165) is 31.4 Å². The summed E-state index contributed by atoms with van der Waals surface area (Å²) >= 11 is 0. The first-order valence-electron chi connectivity index (χ1n) is 7.93. The van der Waals surface area contributed by atoms with E-state index >= 15 is 0 Å². The highest BCUT2D eigenvalue weighted by Gasteiger charge is 2.47. The summed E-state index contributed by atoms with van der Waals surface area (Å²) in [5.41, 5.74) is 2.35. The standard InChI is InChI=1S/C17H20N4O/c1-20-11-13(10-19-20)16-5-3-7-21(16)17(22)15-8-14(15)12-4-2-6-18-9-12/h2,4,6,9-11,14-16H,3,5,7-8H2,1H3/t14-,15-,16-/m0/s1. The minimum absolute atomic E-state index is 0.140. The number of nitrogens with zero attached hydrogens (tertiary/aromatic N) is 4. The molecular formula is C17H20N4O. The van der Waals surface area contributed by atoms with Crippen molar-refractivity contribution in [3.63, 3.8) is 0 Å². The topological polar surface area (TPSA) is 51.0 Å². The monoisotopic (exact) mass is 296 g/mol. The molecule has 2 aliphatic rings. The molecule has 5 nitrogen and oxygen atoms in total. The molecule has 0 aromatic carbocycles. The van der Waals surface area contributed by atoms with Gasteiger partial charge in [-0.1, -0.05) is 6.07 Å². The molecule has 0 radical (unpaired) electrons. The van der Waals surface area contributed by atoms with Gasteiger partial charge in [-0.2, -0.15) is 5.10 Å². The molecule has 114 valence electrons. The number of likely N-dealkylation sites (tertiary alicyclic amines) is 1. The van der Waals surface area contributed by atoms with Crippen molar-refractivity contribution in [1.82, 2.24) is 19.7 Å². The summed E-state index contributed by atoms with van der Waals surface area (Å²) in [6, 6.07) is 4.23. The Balaban J connectivity index is 1.49. The quantitative estimate of drug-likeness (QED) is 0.873. The lowest BCUT2D eigenvalue weighted by atomic mass is 10.1. The number of pyridine rings is 1. The minimum Gasteiger partial charge on any atom is -0.335 e. The summed E-state index contributed by atoms with van der Waals surface area (Å²) in [7, 11) is 1.92. The second kappa shape index (κ2) is 5.23. The maximum atomic E-state index is 12.9. The van der Waals surface area contributed by atoms with Crippen molar-refractivity contribution in [2.24, 2.45) is 13.0 Å². The normalized spacial score (nSPS) is 27.1. The molecule has 2 aromatic heterocycles. The highest BCUT2D eigenvalue weighted by Crippen LogP contribution is 2.49. The Bertz CT molecular complexity index is 681. The minimum atomic E-state index is 0.140. The molecule has 0 bridgehead atoms. The van der Waals surface area contributed by atoms with Crippen LogP contribution in [0.3, 0.4) is 0 Å². The van der Waals surface area contributed by atoms with Gasteiger partial charge in [-0.25, -0.2) is 0 Å². The van der Waals surface area contributed by atoms with Crippen LogP contribution < -0.4 is 0 Å². The van der Waals surface area contributed by atoms with E-state index < -0.39 is 0 Å². The van der Waals surface area contributed by atoms with Crippen LogP contribution in [-0.2, 0) is 11.8 Å². The van der Waals surface area contributed by atoms with E-state index in [9.17, 15) is 4.79 Å². The number of carbonyl (C=O) groups excluding carboxylic acids is 1. The van der Waals surface area contributed by atoms with Gasteiger partial charge < -0.3 is 4.90 Å². The van der Waals surface area contributed by atoms with E-state index in [1.165, 1.54) is 5.56 Å². The van der Waals surface area contributed by atoms with E-state index in [-0.39, 0.29) is 12.0 Å². The molecule has 1 amide bonds. The van der Waals surface area contributed by atoms with Gasteiger partial charge in [0.1, 0.15) is 0 Å². The van der Waals surface area contributed by atoms with Gasteiger partial charge in [0.05, 0.1) is 12.2 Å². The predicted molar refractivity (Wildman–Crippen MR) is 82.0 cm³/mol. The maximum absolute atomic E-state index is 12.9. The first kappa shape index (κ1) is 13.5. The Morgan fingerprint density at radius 1 is 1.32 bits per heavy atom. The molecule has 3 atom stereocenters. The van der Waals surface area contributed by atoms with Gasteiger partial charge in [-0.05, 0) is 36.8 Å². The van der Waals surface area contributed by atoms with Crippen molar-refractivity contribution >= 4 is 5.91 Å². The molecule has 4 rings (SSSR count). The molecular weight excluding hydrogens is 276 g/mol. The summed E-state index contributed by atoms with van der Waals surface area (Å²) in [5.74, 6) is 0.804. The fourth-order valence-corrected chi connectivity index (χ4v) is 3.63.